The highest BCUT2D eigenvalue weighted by Crippen LogP contribution is 2.40. The Morgan fingerprint density at radius 3 is 2.49 bits per heavy atom. The fourth-order valence-corrected chi connectivity index (χ4v) is 5.10. The highest BCUT2D eigenvalue weighted by Gasteiger charge is 2.46. The Bertz CT molecular complexity index is 1180. The summed E-state index contributed by atoms with van der Waals surface area (Å²) in [6.45, 7) is 1.71. The van der Waals surface area contributed by atoms with Crippen LogP contribution >= 0.6 is 23.4 Å². The van der Waals surface area contributed by atoms with E-state index in [0.29, 0.717) is 22.3 Å². The largest absolute Gasteiger partial charge is 0.492 e. The van der Waals surface area contributed by atoms with Gasteiger partial charge in [0.1, 0.15) is 41.2 Å². The van der Waals surface area contributed by atoms with Gasteiger partial charge in [0, 0.05) is 10.5 Å². The number of hydrogen-bond donors (Lipinski definition) is 3. The normalized spacial score (nSPS) is 24.5. The van der Waals surface area contributed by atoms with E-state index in [4.69, 9.17) is 21.1 Å². The number of rotatable bonds is 7. The molecule has 0 amide bonds. The van der Waals surface area contributed by atoms with Crippen molar-refractivity contribution in [1.29, 1.82) is 0 Å². The fourth-order valence-electron chi connectivity index (χ4n) is 3.70. The number of benzene rings is 2. The molecule has 1 saturated heterocycles. The van der Waals surface area contributed by atoms with Crippen LogP contribution in [0.3, 0.4) is 0 Å². The molecule has 0 aliphatic carbocycles. The minimum Gasteiger partial charge on any atom is -0.492 e. The number of aliphatic hydroxyl groups excluding tert-OH is 3. The first-order valence-corrected chi connectivity index (χ1v) is 11.8. The molecule has 1 aliphatic heterocycles. The summed E-state index contributed by atoms with van der Waals surface area (Å²) >= 11 is 7.34. The Balaban J connectivity index is 1.60. The summed E-state index contributed by atoms with van der Waals surface area (Å²) in [5, 5.41) is 39.6. The van der Waals surface area contributed by atoms with Crippen molar-refractivity contribution >= 4 is 23.4 Å². The van der Waals surface area contributed by atoms with Gasteiger partial charge in [-0.15, -0.1) is 5.10 Å². The first-order valence-electron chi connectivity index (χ1n) is 10.5. The van der Waals surface area contributed by atoms with Crippen molar-refractivity contribution < 1.29 is 38.0 Å². The summed E-state index contributed by atoms with van der Waals surface area (Å²) < 4.78 is 52.8. The van der Waals surface area contributed by atoms with E-state index < -0.39 is 53.8 Å². The van der Waals surface area contributed by atoms with Crippen molar-refractivity contribution in [3.05, 3.63) is 59.0 Å². The van der Waals surface area contributed by atoms with Crippen molar-refractivity contribution in [2.45, 2.75) is 41.6 Å². The van der Waals surface area contributed by atoms with Gasteiger partial charge in [0.2, 0.25) is 0 Å². The molecule has 0 radical (unpaired) electrons. The maximum absolute atomic E-state index is 13.6. The average Bonchev–Trinajstić information content (AvgIpc) is 3.30. The van der Waals surface area contributed by atoms with Gasteiger partial charge in [-0.25, -0.2) is 17.9 Å². The second-order valence-corrected chi connectivity index (χ2v) is 9.26. The van der Waals surface area contributed by atoms with Gasteiger partial charge < -0.3 is 24.8 Å². The van der Waals surface area contributed by atoms with Crippen LogP contribution in [0.1, 0.15) is 13.0 Å². The van der Waals surface area contributed by atoms with Crippen LogP contribution in [0.2, 0.25) is 5.02 Å². The number of thioether (sulfide) groups is 1. The maximum atomic E-state index is 13.6. The summed E-state index contributed by atoms with van der Waals surface area (Å²) in [6.07, 6.45) is -2.57. The van der Waals surface area contributed by atoms with Crippen molar-refractivity contribution in [1.82, 2.24) is 15.0 Å². The van der Waals surface area contributed by atoms with Crippen LogP contribution in [0.5, 0.6) is 5.75 Å². The predicted octanol–water partition coefficient (Wildman–Crippen LogP) is 3.19. The summed E-state index contributed by atoms with van der Waals surface area (Å²) in [4.78, 5) is 0.630. The van der Waals surface area contributed by atoms with E-state index in [9.17, 15) is 28.5 Å². The molecule has 2 heterocycles. The van der Waals surface area contributed by atoms with E-state index >= 15 is 0 Å². The molecular weight excluding hydrogens is 511 g/mol. The Morgan fingerprint density at radius 1 is 1.14 bits per heavy atom. The molecule has 188 valence electrons. The van der Waals surface area contributed by atoms with Gasteiger partial charge in [-0.3, -0.25) is 0 Å². The zero-order valence-corrected chi connectivity index (χ0v) is 19.8. The van der Waals surface area contributed by atoms with Gasteiger partial charge in [0.15, 0.2) is 17.5 Å². The number of aliphatic hydroxyl groups is 3. The lowest BCUT2D eigenvalue weighted by atomic mass is 9.97. The second-order valence-electron chi connectivity index (χ2n) is 7.68. The molecule has 3 N–H and O–H groups in total. The lowest BCUT2D eigenvalue weighted by molar-refractivity contribution is -0.178. The molecule has 0 saturated carbocycles. The minimum atomic E-state index is -1.61. The second kappa shape index (κ2) is 10.7. The van der Waals surface area contributed by atoms with Gasteiger partial charge in [-0.05, 0) is 37.3 Å². The van der Waals surface area contributed by atoms with Gasteiger partial charge in [-0.1, -0.05) is 28.6 Å². The molecule has 4 rings (SSSR count). The third-order valence-corrected chi connectivity index (χ3v) is 6.84. The summed E-state index contributed by atoms with van der Waals surface area (Å²) in [5.41, 5.74) is -1.06. The molecular formula is C22H21ClF3N3O5S. The van der Waals surface area contributed by atoms with E-state index in [-0.39, 0.29) is 11.3 Å². The lowest BCUT2D eigenvalue weighted by Gasteiger charge is -2.41. The molecule has 0 spiro atoms. The molecule has 2 aromatic carbocycles. The van der Waals surface area contributed by atoms with E-state index in [0.717, 1.165) is 28.6 Å². The molecule has 8 nitrogen and oxygen atoms in total. The van der Waals surface area contributed by atoms with Crippen LogP contribution in [0, 0.1) is 17.5 Å². The van der Waals surface area contributed by atoms with E-state index in [2.05, 4.69) is 10.3 Å². The average molecular weight is 532 g/mol. The highest BCUT2D eigenvalue weighted by molar-refractivity contribution is 7.99. The standard InChI is InChI=1S/C22H21ClF3N3O5S/c1-2-33-16-4-3-11(7-12(16)23)35-22-21(32)19(20(31)17(9-30)34-22)29-8-15(27-28-29)10-5-13(24)18(26)14(25)6-10/h3-8,17,19-22,30-32H,2,9H2,1H3/t17-,19+,20+,21-,22-/m1/s1. The summed E-state index contributed by atoms with van der Waals surface area (Å²) in [6, 6.07) is 5.41. The first kappa shape index (κ1) is 25.7. The fraction of sp³-hybridized carbons (Fsp3) is 0.364. The molecule has 13 heteroatoms. The Kier molecular flexibility index (Phi) is 7.89. The molecule has 1 fully saturated rings. The third kappa shape index (κ3) is 5.27. The van der Waals surface area contributed by atoms with Crippen LogP contribution in [0.15, 0.2) is 41.4 Å². The molecule has 0 bridgehead atoms. The molecule has 1 aliphatic rings. The molecule has 0 unspecified atom stereocenters. The van der Waals surface area contributed by atoms with Crippen LogP contribution in [0.4, 0.5) is 13.2 Å². The highest BCUT2D eigenvalue weighted by atomic mass is 35.5. The maximum Gasteiger partial charge on any atom is 0.194 e. The monoisotopic (exact) mass is 531 g/mol. The summed E-state index contributed by atoms with van der Waals surface area (Å²) in [5.74, 6) is -3.91. The van der Waals surface area contributed by atoms with E-state index in [1.165, 1.54) is 6.20 Å². The quantitative estimate of drug-likeness (QED) is 0.399. The zero-order chi connectivity index (χ0) is 25.3. The molecule has 5 atom stereocenters. The van der Waals surface area contributed by atoms with Crippen molar-refractivity contribution in [3.63, 3.8) is 0 Å². The number of aromatic nitrogens is 3. The van der Waals surface area contributed by atoms with Gasteiger partial charge in [0.05, 0.1) is 24.4 Å². The molecule has 3 aromatic rings. The number of ether oxygens (including phenoxy) is 2. The third-order valence-electron chi connectivity index (χ3n) is 5.40. The first-order chi connectivity index (χ1) is 16.7. The molecule has 1 aromatic heterocycles. The Hall–Kier alpha value is -2.35. The van der Waals surface area contributed by atoms with Crippen LogP contribution in [-0.4, -0.2) is 67.3 Å². The molecule has 35 heavy (non-hydrogen) atoms. The van der Waals surface area contributed by atoms with Gasteiger partial charge in [0.25, 0.3) is 0 Å². The van der Waals surface area contributed by atoms with Gasteiger partial charge in [-0.2, -0.15) is 0 Å². The van der Waals surface area contributed by atoms with Crippen LogP contribution in [-0.2, 0) is 4.74 Å². The minimum absolute atomic E-state index is 0.0169. The van der Waals surface area contributed by atoms with Crippen molar-refractivity contribution in [3.8, 4) is 17.0 Å². The Morgan fingerprint density at radius 2 is 1.86 bits per heavy atom. The van der Waals surface area contributed by atoms with E-state index in [1.54, 1.807) is 18.2 Å². The summed E-state index contributed by atoms with van der Waals surface area (Å²) in [7, 11) is 0. The zero-order valence-electron chi connectivity index (χ0n) is 18.2. The van der Waals surface area contributed by atoms with Crippen molar-refractivity contribution in [2.75, 3.05) is 13.2 Å². The lowest BCUT2D eigenvalue weighted by Crippen LogP contribution is -2.55. The predicted molar refractivity (Wildman–Crippen MR) is 121 cm³/mol. The van der Waals surface area contributed by atoms with Crippen LogP contribution < -0.4 is 4.74 Å². The topological polar surface area (TPSA) is 110 Å². The van der Waals surface area contributed by atoms with Gasteiger partial charge >= 0.3 is 0 Å². The van der Waals surface area contributed by atoms with Crippen LogP contribution in [0.25, 0.3) is 11.3 Å². The Labute approximate surface area is 207 Å². The number of halogens is 4. The van der Waals surface area contributed by atoms with Crippen molar-refractivity contribution in [2.24, 2.45) is 0 Å². The number of nitrogens with zero attached hydrogens (tertiary/aromatic N) is 3. The number of hydrogen-bond acceptors (Lipinski definition) is 8. The van der Waals surface area contributed by atoms with E-state index in [1.807, 2.05) is 6.92 Å². The smallest absolute Gasteiger partial charge is 0.194 e. The SMILES string of the molecule is CCOc1ccc(S[C@H]2O[C@H](CO)[C@H](O)[C@H](n3cc(-c4cc(F)c(F)c(F)c4)nn3)[C@H]2O)cc1Cl.